The summed E-state index contributed by atoms with van der Waals surface area (Å²) < 4.78 is 40.6. The van der Waals surface area contributed by atoms with Gasteiger partial charge in [-0.3, -0.25) is 9.52 Å². The van der Waals surface area contributed by atoms with Crippen molar-refractivity contribution in [2.24, 2.45) is 0 Å². The number of benzene rings is 3. The van der Waals surface area contributed by atoms with Crippen molar-refractivity contribution in [1.29, 1.82) is 5.26 Å². The molecule has 0 fully saturated rings. The predicted octanol–water partition coefficient (Wildman–Crippen LogP) is 3.75. The van der Waals surface area contributed by atoms with E-state index in [0.29, 0.717) is 11.3 Å². The molecular formula is C20H14FN3O3S. The second kappa shape index (κ2) is 7.90. The van der Waals surface area contributed by atoms with Crippen LogP contribution >= 0.6 is 0 Å². The number of rotatable bonds is 5. The summed E-state index contributed by atoms with van der Waals surface area (Å²) in [7, 11) is -4.01. The first-order chi connectivity index (χ1) is 13.4. The van der Waals surface area contributed by atoms with E-state index in [1.807, 2.05) is 6.07 Å². The van der Waals surface area contributed by atoms with Crippen LogP contribution in [-0.2, 0) is 10.0 Å². The molecule has 1 amide bonds. The number of hydrogen-bond acceptors (Lipinski definition) is 4. The lowest BCUT2D eigenvalue weighted by molar-refractivity contribution is 0.102. The number of sulfonamides is 1. The summed E-state index contributed by atoms with van der Waals surface area (Å²) >= 11 is 0. The van der Waals surface area contributed by atoms with Gasteiger partial charge in [0.15, 0.2) is 0 Å². The number of carbonyl (C=O) groups excluding carboxylic acids is 1. The van der Waals surface area contributed by atoms with E-state index in [0.717, 1.165) is 6.07 Å². The molecule has 0 saturated heterocycles. The molecule has 8 heteroatoms. The smallest absolute Gasteiger partial charge is 0.261 e. The Kier molecular flexibility index (Phi) is 5.38. The van der Waals surface area contributed by atoms with Gasteiger partial charge in [-0.25, -0.2) is 12.8 Å². The number of amides is 1. The molecule has 0 spiro atoms. The molecule has 3 aromatic rings. The lowest BCUT2D eigenvalue weighted by Crippen LogP contribution is -2.15. The number of hydrogen-bond donors (Lipinski definition) is 2. The molecule has 0 bridgehead atoms. The maximum absolute atomic E-state index is 13.7. The minimum atomic E-state index is -4.01. The van der Waals surface area contributed by atoms with Gasteiger partial charge in [-0.1, -0.05) is 24.3 Å². The Bertz CT molecular complexity index is 1170. The summed E-state index contributed by atoms with van der Waals surface area (Å²) in [6.45, 7) is 0. The fourth-order valence-corrected chi connectivity index (χ4v) is 3.48. The van der Waals surface area contributed by atoms with Crippen molar-refractivity contribution in [2.45, 2.75) is 4.90 Å². The average molecular weight is 395 g/mol. The van der Waals surface area contributed by atoms with Gasteiger partial charge in [0, 0.05) is 5.56 Å². The highest BCUT2D eigenvalue weighted by Crippen LogP contribution is 2.20. The van der Waals surface area contributed by atoms with Gasteiger partial charge in [-0.2, -0.15) is 5.26 Å². The number of nitrogens with zero attached hydrogens (tertiary/aromatic N) is 1. The molecular weight excluding hydrogens is 381 g/mol. The van der Waals surface area contributed by atoms with Gasteiger partial charge in [-0.05, 0) is 48.5 Å². The maximum Gasteiger partial charge on any atom is 0.261 e. The van der Waals surface area contributed by atoms with Crippen LogP contribution < -0.4 is 10.0 Å². The highest BCUT2D eigenvalue weighted by Gasteiger charge is 2.17. The lowest BCUT2D eigenvalue weighted by atomic mass is 10.1. The van der Waals surface area contributed by atoms with Crippen LogP contribution in [0.15, 0.2) is 77.7 Å². The molecule has 0 radical (unpaired) electrons. The summed E-state index contributed by atoms with van der Waals surface area (Å²) in [5.74, 6) is -1.19. The Morgan fingerprint density at radius 1 is 0.893 bits per heavy atom. The van der Waals surface area contributed by atoms with Crippen LogP contribution in [0.25, 0.3) is 0 Å². The van der Waals surface area contributed by atoms with Crippen LogP contribution in [-0.4, -0.2) is 14.3 Å². The largest absolute Gasteiger partial charge is 0.321 e. The molecule has 6 nitrogen and oxygen atoms in total. The van der Waals surface area contributed by atoms with Crippen molar-refractivity contribution in [3.05, 3.63) is 89.7 Å². The lowest BCUT2D eigenvalue weighted by Gasteiger charge is -2.10. The summed E-state index contributed by atoms with van der Waals surface area (Å²) in [6, 6.07) is 19.1. The van der Waals surface area contributed by atoms with Gasteiger partial charge in [-0.15, -0.1) is 0 Å². The first kappa shape index (κ1) is 19.1. The highest BCUT2D eigenvalue weighted by molar-refractivity contribution is 7.92. The predicted molar refractivity (Wildman–Crippen MR) is 103 cm³/mol. The maximum atomic E-state index is 13.7. The molecule has 2 N–H and O–H groups in total. The van der Waals surface area contributed by atoms with Crippen LogP contribution in [0.4, 0.5) is 15.8 Å². The number of nitriles is 1. The normalized spacial score (nSPS) is 10.7. The minimum absolute atomic E-state index is 0.121. The Labute approximate surface area is 161 Å². The minimum Gasteiger partial charge on any atom is -0.321 e. The zero-order valence-corrected chi connectivity index (χ0v) is 15.2. The second-order valence-corrected chi connectivity index (χ2v) is 7.40. The summed E-state index contributed by atoms with van der Waals surface area (Å²) in [6.07, 6.45) is 0. The zero-order valence-electron chi connectivity index (χ0n) is 14.4. The van der Waals surface area contributed by atoms with Gasteiger partial charge in [0.2, 0.25) is 0 Å². The molecule has 140 valence electrons. The Morgan fingerprint density at radius 2 is 1.50 bits per heavy atom. The van der Waals surface area contributed by atoms with Crippen molar-refractivity contribution in [3.63, 3.8) is 0 Å². The quantitative estimate of drug-likeness (QED) is 0.687. The third-order valence-corrected chi connectivity index (χ3v) is 5.22. The topological polar surface area (TPSA) is 99.1 Å². The molecule has 0 saturated carbocycles. The summed E-state index contributed by atoms with van der Waals surface area (Å²) in [5.41, 5.74) is 0.701. The number of nitrogens with one attached hydrogen (secondary N) is 2. The Morgan fingerprint density at radius 3 is 2.14 bits per heavy atom. The Hall–Kier alpha value is -3.70. The number of anilines is 2. The van der Waals surface area contributed by atoms with Gasteiger partial charge >= 0.3 is 0 Å². The van der Waals surface area contributed by atoms with Crippen LogP contribution in [0.5, 0.6) is 0 Å². The van der Waals surface area contributed by atoms with Crippen LogP contribution in [0.3, 0.4) is 0 Å². The van der Waals surface area contributed by atoms with Crippen LogP contribution in [0, 0.1) is 17.1 Å². The highest BCUT2D eigenvalue weighted by atomic mass is 32.2. The zero-order chi connectivity index (χ0) is 20.1. The van der Waals surface area contributed by atoms with Crippen molar-refractivity contribution in [1.82, 2.24) is 0 Å². The third kappa shape index (κ3) is 4.16. The monoisotopic (exact) mass is 395 g/mol. The van der Waals surface area contributed by atoms with Gasteiger partial charge in [0.05, 0.1) is 21.8 Å². The van der Waals surface area contributed by atoms with Gasteiger partial charge < -0.3 is 5.32 Å². The summed E-state index contributed by atoms with van der Waals surface area (Å²) in [4.78, 5) is 12.2. The third-order valence-electron chi connectivity index (χ3n) is 3.84. The van der Waals surface area contributed by atoms with Crippen molar-refractivity contribution in [2.75, 3.05) is 10.0 Å². The second-order valence-electron chi connectivity index (χ2n) is 5.72. The van der Waals surface area contributed by atoms with Crippen LogP contribution in [0.1, 0.15) is 15.9 Å². The van der Waals surface area contributed by atoms with Crippen molar-refractivity contribution < 1.29 is 17.6 Å². The number of carbonyl (C=O) groups is 1. The molecule has 3 aromatic carbocycles. The fraction of sp³-hybridized carbons (Fsp3) is 0. The number of halogens is 1. The van der Waals surface area contributed by atoms with E-state index in [4.69, 9.17) is 5.26 Å². The molecule has 0 aliphatic heterocycles. The average Bonchev–Trinajstić information content (AvgIpc) is 2.70. The van der Waals surface area contributed by atoms with E-state index >= 15 is 0 Å². The van der Waals surface area contributed by atoms with Gasteiger partial charge in [0.25, 0.3) is 15.9 Å². The van der Waals surface area contributed by atoms with Crippen molar-refractivity contribution in [3.8, 4) is 6.07 Å². The molecule has 0 unspecified atom stereocenters. The number of para-hydroxylation sites is 2. The first-order valence-corrected chi connectivity index (χ1v) is 9.57. The van der Waals surface area contributed by atoms with E-state index in [-0.39, 0.29) is 16.1 Å². The molecule has 0 aliphatic carbocycles. The molecule has 0 atom stereocenters. The van der Waals surface area contributed by atoms with E-state index in [9.17, 15) is 17.6 Å². The molecule has 0 aliphatic rings. The van der Waals surface area contributed by atoms with E-state index < -0.39 is 21.7 Å². The molecule has 28 heavy (non-hydrogen) atoms. The summed E-state index contributed by atoms with van der Waals surface area (Å²) in [5, 5.41) is 11.7. The molecule has 3 rings (SSSR count). The van der Waals surface area contributed by atoms with Crippen molar-refractivity contribution >= 4 is 27.3 Å². The molecule has 0 aromatic heterocycles. The molecule has 0 heterocycles. The standard InChI is InChI=1S/C20H14FN3O3S/c21-17-6-2-4-8-19(17)24-28(26,27)16-11-9-14(10-12-16)20(25)23-18-7-3-1-5-15(18)13-22/h1-12,24H,(H,23,25). The van der Waals surface area contributed by atoms with E-state index in [1.54, 1.807) is 24.3 Å². The van der Waals surface area contributed by atoms with E-state index in [2.05, 4.69) is 10.0 Å². The Balaban J connectivity index is 1.78. The van der Waals surface area contributed by atoms with E-state index in [1.165, 1.54) is 42.5 Å². The fourth-order valence-electron chi connectivity index (χ4n) is 2.42. The SMILES string of the molecule is N#Cc1ccccc1NC(=O)c1ccc(S(=O)(=O)Nc2ccccc2F)cc1. The van der Waals surface area contributed by atoms with Crippen LogP contribution in [0.2, 0.25) is 0 Å². The van der Waals surface area contributed by atoms with Gasteiger partial charge in [0.1, 0.15) is 11.9 Å². The first-order valence-electron chi connectivity index (χ1n) is 8.08.